The van der Waals surface area contributed by atoms with Gasteiger partial charge in [0.15, 0.2) is 0 Å². The van der Waals surface area contributed by atoms with Crippen LogP contribution in [-0.4, -0.2) is 0 Å². The molecule has 5 aromatic heterocycles. The van der Waals surface area contributed by atoms with Gasteiger partial charge in [-0.15, -0.1) is 56.7 Å². The van der Waals surface area contributed by atoms with E-state index in [1.54, 1.807) is 0 Å². The molecule has 29 heavy (non-hydrogen) atoms. The van der Waals surface area contributed by atoms with E-state index in [9.17, 15) is 0 Å². The third-order valence-electron chi connectivity index (χ3n) is 5.27. The number of hydrogen-bond acceptors (Lipinski definition) is 5. The number of fused-ring (bicyclic) bond motifs is 1. The van der Waals surface area contributed by atoms with E-state index < -0.39 is 0 Å². The zero-order chi connectivity index (χ0) is 20.4. The number of thiophene rings is 5. The summed E-state index contributed by atoms with van der Waals surface area (Å²) in [7, 11) is 0. The Morgan fingerprint density at radius 1 is 0.517 bits per heavy atom. The third-order valence-corrected chi connectivity index (χ3v) is 10.6. The van der Waals surface area contributed by atoms with Gasteiger partial charge in [0.25, 0.3) is 0 Å². The van der Waals surface area contributed by atoms with E-state index in [-0.39, 0.29) is 0 Å². The van der Waals surface area contributed by atoms with Crippen molar-refractivity contribution in [3.63, 3.8) is 0 Å². The molecule has 0 aliphatic heterocycles. The maximum absolute atomic E-state index is 2.43. The molecule has 0 saturated heterocycles. The molecular weight excluding hydrogens is 449 g/mol. The first kappa shape index (κ1) is 19.7. The van der Waals surface area contributed by atoms with E-state index >= 15 is 0 Å². The Morgan fingerprint density at radius 3 is 1.55 bits per heavy atom. The van der Waals surface area contributed by atoms with E-state index in [1.807, 2.05) is 56.7 Å². The normalized spacial score (nSPS) is 11.8. The molecule has 0 aliphatic rings. The van der Waals surface area contributed by atoms with Crippen LogP contribution in [0.25, 0.3) is 41.4 Å². The van der Waals surface area contributed by atoms with Crippen LogP contribution in [0.15, 0.2) is 24.3 Å². The summed E-state index contributed by atoms with van der Waals surface area (Å²) < 4.78 is 2.87. The SMILES string of the molecule is Cc1cc(-c2cc3sc(-c4cc(C)sc4C)c(-c4cc(C)sc4C)c3s2)c(C)s1. The van der Waals surface area contributed by atoms with Gasteiger partial charge in [-0.25, -0.2) is 0 Å². The van der Waals surface area contributed by atoms with Crippen LogP contribution in [0.3, 0.4) is 0 Å². The molecule has 0 saturated carbocycles. The van der Waals surface area contributed by atoms with Gasteiger partial charge in [-0.3, -0.25) is 0 Å². The fourth-order valence-electron chi connectivity index (χ4n) is 4.07. The summed E-state index contributed by atoms with van der Waals surface area (Å²) in [4.78, 5) is 11.3. The zero-order valence-corrected chi connectivity index (χ0v) is 21.4. The lowest BCUT2D eigenvalue weighted by Crippen LogP contribution is -1.79. The molecule has 0 fully saturated rings. The summed E-state index contributed by atoms with van der Waals surface area (Å²) in [6.07, 6.45) is 0. The second-order valence-electron chi connectivity index (χ2n) is 7.59. The van der Waals surface area contributed by atoms with Crippen LogP contribution in [0.1, 0.15) is 29.3 Å². The van der Waals surface area contributed by atoms with Gasteiger partial charge >= 0.3 is 0 Å². The quantitative estimate of drug-likeness (QED) is 0.246. The lowest BCUT2D eigenvalue weighted by Gasteiger charge is -2.04. The van der Waals surface area contributed by atoms with Gasteiger partial charge in [0.1, 0.15) is 0 Å². The third kappa shape index (κ3) is 3.28. The van der Waals surface area contributed by atoms with Crippen LogP contribution in [-0.2, 0) is 0 Å². The van der Waals surface area contributed by atoms with Gasteiger partial charge in [0.2, 0.25) is 0 Å². The first-order chi connectivity index (χ1) is 13.8. The van der Waals surface area contributed by atoms with E-state index in [1.165, 1.54) is 70.7 Å². The average Bonchev–Trinajstić information content (AvgIpc) is 3.39. The largest absolute Gasteiger partial charge is 0.145 e. The van der Waals surface area contributed by atoms with Crippen molar-refractivity contribution in [2.75, 3.05) is 0 Å². The van der Waals surface area contributed by atoms with Crippen LogP contribution in [0.2, 0.25) is 0 Å². The van der Waals surface area contributed by atoms with E-state index in [0.717, 1.165) is 0 Å². The van der Waals surface area contributed by atoms with Crippen molar-refractivity contribution in [3.8, 4) is 32.0 Å². The number of aryl methyl sites for hydroxylation is 6. The van der Waals surface area contributed by atoms with E-state index in [4.69, 9.17) is 0 Å². The Morgan fingerprint density at radius 2 is 1.03 bits per heavy atom. The summed E-state index contributed by atoms with van der Waals surface area (Å²) in [5, 5.41) is 0. The van der Waals surface area contributed by atoms with E-state index in [2.05, 4.69) is 65.8 Å². The van der Waals surface area contributed by atoms with Gasteiger partial charge in [0.05, 0.1) is 4.70 Å². The predicted molar refractivity (Wildman–Crippen MR) is 138 cm³/mol. The molecule has 0 spiro atoms. The average molecular weight is 471 g/mol. The minimum atomic E-state index is 1.39. The zero-order valence-electron chi connectivity index (χ0n) is 17.4. The molecular formula is C24H22S5. The summed E-state index contributed by atoms with van der Waals surface area (Å²) in [6.45, 7) is 13.4. The fraction of sp³-hybridized carbons (Fsp3) is 0.250. The van der Waals surface area contributed by atoms with Crippen molar-refractivity contribution >= 4 is 66.1 Å². The summed E-state index contributed by atoms with van der Waals surface area (Å²) >= 11 is 9.66. The van der Waals surface area contributed by atoms with Crippen LogP contribution in [0.5, 0.6) is 0 Å². The number of rotatable bonds is 3. The highest BCUT2D eigenvalue weighted by molar-refractivity contribution is 7.32. The molecule has 0 unspecified atom stereocenters. The summed E-state index contributed by atoms with van der Waals surface area (Å²) in [6, 6.07) is 9.54. The van der Waals surface area contributed by atoms with Gasteiger partial charge < -0.3 is 0 Å². The maximum atomic E-state index is 2.43. The Kier molecular flexibility index (Phi) is 4.87. The Labute approximate surface area is 192 Å². The lowest BCUT2D eigenvalue weighted by molar-refractivity contribution is 1.58. The van der Waals surface area contributed by atoms with E-state index in [0.29, 0.717) is 0 Å². The molecule has 5 aromatic rings. The highest BCUT2D eigenvalue weighted by Crippen LogP contribution is 2.53. The van der Waals surface area contributed by atoms with Gasteiger partial charge in [0, 0.05) is 60.4 Å². The fourth-order valence-corrected chi connectivity index (χ4v) is 9.80. The van der Waals surface area contributed by atoms with Crippen LogP contribution >= 0.6 is 56.7 Å². The standard InChI is InChI=1S/C24H22S5/c1-11-7-17(14(4)25-11)20-10-21-24(28-20)22(18-8-12(2)26-15(18)5)23(29-21)19-9-13(3)27-16(19)6/h7-10H,1-6H3. The van der Waals surface area contributed by atoms with Crippen molar-refractivity contribution in [1.29, 1.82) is 0 Å². The Bertz CT molecular complexity index is 1360. The molecule has 5 heteroatoms. The van der Waals surface area contributed by atoms with Crippen molar-refractivity contribution in [2.45, 2.75) is 41.5 Å². The smallest absolute Gasteiger partial charge is 0.0542 e. The topological polar surface area (TPSA) is 0 Å². The molecule has 148 valence electrons. The Balaban J connectivity index is 1.80. The second kappa shape index (κ2) is 7.17. The summed E-state index contributed by atoms with van der Waals surface area (Å²) in [5.41, 5.74) is 5.70. The molecule has 0 N–H and O–H groups in total. The molecule has 0 bridgehead atoms. The first-order valence-corrected chi connectivity index (χ1v) is 13.7. The second-order valence-corrected chi connectivity index (χ2v) is 14.1. The van der Waals surface area contributed by atoms with Crippen molar-refractivity contribution in [1.82, 2.24) is 0 Å². The van der Waals surface area contributed by atoms with Gasteiger partial charge in [-0.2, -0.15) is 0 Å². The first-order valence-electron chi connectivity index (χ1n) is 9.60. The molecule has 0 radical (unpaired) electrons. The number of hydrogen-bond donors (Lipinski definition) is 0. The van der Waals surface area contributed by atoms with Gasteiger partial charge in [-0.05, 0) is 71.4 Å². The maximum Gasteiger partial charge on any atom is 0.0542 e. The van der Waals surface area contributed by atoms with Crippen molar-refractivity contribution in [3.05, 3.63) is 53.5 Å². The molecule has 5 heterocycles. The molecule has 0 aromatic carbocycles. The monoisotopic (exact) mass is 470 g/mol. The summed E-state index contributed by atoms with van der Waals surface area (Å²) in [5.74, 6) is 0. The molecule has 0 amide bonds. The van der Waals surface area contributed by atoms with Crippen LogP contribution < -0.4 is 0 Å². The van der Waals surface area contributed by atoms with Gasteiger partial charge in [-0.1, -0.05) is 0 Å². The van der Waals surface area contributed by atoms with Crippen LogP contribution in [0, 0.1) is 41.5 Å². The highest BCUT2D eigenvalue weighted by atomic mass is 32.1. The molecule has 0 atom stereocenters. The Hall–Kier alpha value is -1.24. The highest BCUT2D eigenvalue weighted by Gasteiger charge is 2.23. The predicted octanol–water partition coefficient (Wildman–Crippen LogP) is 10.00. The van der Waals surface area contributed by atoms with Crippen LogP contribution in [0.4, 0.5) is 0 Å². The molecule has 0 nitrogen and oxygen atoms in total. The van der Waals surface area contributed by atoms with Crippen molar-refractivity contribution in [2.24, 2.45) is 0 Å². The molecule has 5 rings (SSSR count). The minimum absolute atomic E-state index is 1.39. The minimum Gasteiger partial charge on any atom is -0.145 e. The molecule has 0 aliphatic carbocycles. The lowest BCUT2D eigenvalue weighted by atomic mass is 10.0. The van der Waals surface area contributed by atoms with Crippen molar-refractivity contribution < 1.29 is 0 Å².